The van der Waals surface area contributed by atoms with Gasteiger partial charge in [0.1, 0.15) is 18.5 Å². The van der Waals surface area contributed by atoms with Crippen molar-refractivity contribution in [3.8, 4) is 0 Å². The number of aliphatic hydroxyl groups excluding tert-OH is 1. The highest BCUT2D eigenvalue weighted by molar-refractivity contribution is 5.71. The van der Waals surface area contributed by atoms with Crippen LogP contribution in [0.4, 0.5) is 0 Å². The van der Waals surface area contributed by atoms with Crippen molar-refractivity contribution < 1.29 is 15.0 Å². The Labute approximate surface area is 74.8 Å². The van der Waals surface area contributed by atoms with Crippen LogP contribution in [-0.2, 0) is 4.79 Å². The maximum atomic E-state index is 10.6. The number of hydrogen-bond donors (Lipinski definition) is 2. The molecule has 1 heterocycles. The molecular weight excluding hydrogens is 174 g/mol. The minimum absolute atomic E-state index is 0.259. The number of aliphatic carboxylic acids is 1. The van der Waals surface area contributed by atoms with Crippen LogP contribution in [0.15, 0.2) is 6.33 Å². The summed E-state index contributed by atoms with van der Waals surface area (Å²) in [6.07, 6.45) is 0.477. The number of aliphatic hydroxyl groups is 1. The number of nitrogens with zero attached hydrogens (tertiary/aromatic N) is 3. The number of hydrogen-bond acceptors (Lipinski definition) is 4. The molecule has 72 valence electrons. The minimum atomic E-state index is -0.985. The first-order chi connectivity index (χ1) is 6.04. The summed E-state index contributed by atoms with van der Waals surface area (Å²) in [7, 11) is 0. The van der Waals surface area contributed by atoms with Gasteiger partial charge in [0.05, 0.1) is 0 Å². The van der Waals surface area contributed by atoms with E-state index in [1.165, 1.54) is 24.7 Å². The largest absolute Gasteiger partial charge is 0.480 e. The molecule has 0 radical (unpaired) electrons. The van der Waals surface area contributed by atoms with Crippen LogP contribution in [0, 0.1) is 0 Å². The fraction of sp³-hybridized carbons (Fsp3) is 0.571. The summed E-state index contributed by atoms with van der Waals surface area (Å²) < 4.78 is 1.33. The Morgan fingerprint density at radius 2 is 2.23 bits per heavy atom. The third-order valence-corrected chi connectivity index (χ3v) is 1.75. The molecule has 2 unspecified atom stereocenters. The van der Waals surface area contributed by atoms with Crippen molar-refractivity contribution in [2.75, 3.05) is 0 Å². The Bertz CT molecular complexity index is 308. The molecular formula is C7H11N3O3. The predicted molar refractivity (Wildman–Crippen MR) is 43.0 cm³/mol. The van der Waals surface area contributed by atoms with Crippen molar-refractivity contribution in [1.82, 2.24) is 14.8 Å². The smallest absolute Gasteiger partial charge is 0.326 e. The third-order valence-electron chi connectivity index (χ3n) is 1.75. The van der Waals surface area contributed by atoms with Crippen LogP contribution in [0.1, 0.15) is 31.8 Å². The second kappa shape index (κ2) is 3.53. The molecule has 0 saturated heterocycles. The Morgan fingerprint density at radius 3 is 2.69 bits per heavy atom. The molecule has 0 saturated carbocycles. The van der Waals surface area contributed by atoms with E-state index in [2.05, 4.69) is 10.2 Å². The number of carboxylic acid groups (broad SMARTS) is 1. The van der Waals surface area contributed by atoms with E-state index in [9.17, 15) is 9.90 Å². The molecule has 2 atom stereocenters. The zero-order valence-corrected chi connectivity index (χ0v) is 7.38. The molecule has 6 nitrogen and oxygen atoms in total. The van der Waals surface area contributed by atoms with Crippen LogP contribution in [0.2, 0.25) is 0 Å². The first-order valence-electron chi connectivity index (χ1n) is 3.84. The summed E-state index contributed by atoms with van der Waals surface area (Å²) in [5, 5.41) is 25.1. The highest BCUT2D eigenvalue weighted by atomic mass is 16.4. The van der Waals surface area contributed by atoms with Crippen molar-refractivity contribution in [2.24, 2.45) is 0 Å². The van der Waals surface area contributed by atoms with Gasteiger partial charge in [0.2, 0.25) is 0 Å². The fourth-order valence-corrected chi connectivity index (χ4v) is 0.968. The number of aromatic nitrogens is 3. The van der Waals surface area contributed by atoms with Gasteiger partial charge in [-0.15, -0.1) is 10.2 Å². The van der Waals surface area contributed by atoms with E-state index in [1.54, 1.807) is 0 Å². The molecule has 1 aromatic rings. The molecule has 0 spiro atoms. The van der Waals surface area contributed by atoms with Gasteiger partial charge in [-0.1, -0.05) is 0 Å². The van der Waals surface area contributed by atoms with Crippen molar-refractivity contribution in [3.63, 3.8) is 0 Å². The van der Waals surface area contributed by atoms with Gasteiger partial charge in [0.15, 0.2) is 5.82 Å². The van der Waals surface area contributed by atoms with E-state index in [1.807, 2.05) is 0 Å². The van der Waals surface area contributed by atoms with E-state index in [0.29, 0.717) is 0 Å². The molecule has 0 fully saturated rings. The highest BCUT2D eigenvalue weighted by Gasteiger charge is 2.19. The van der Waals surface area contributed by atoms with Crippen molar-refractivity contribution in [1.29, 1.82) is 0 Å². The molecule has 0 aromatic carbocycles. The first kappa shape index (κ1) is 9.66. The summed E-state index contributed by atoms with van der Waals surface area (Å²) in [5.74, 6) is -0.725. The molecule has 0 aliphatic rings. The molecule has 1 aromatic heterocycles. The summed E-state index contributed by atoms with van der Waals surface area (Å²) in [4.78, 5) is 10.6. The number of carboxylic acids is 1. The van der Waals surface area contributed by atoms with Gasteiger partial charge in [-0.05, 0) is 13.8 Å². The van der Waals surface area contributed by atoms with E-state index in [0.717, 1.165) is 0 Å². The average molecular weight is 185 g/mol. The standard InChI is InChI=1S/C7H11N3O3/c1-4(7(12)13)10-3-8-9-6(10)5(2)11/h3-5,11H,1-2H3,(H,12,13). The molecule has 2 N–H and O–H groups in total. The zero-order valence-electron chi connectivity index (χ0n) is 7.38. The summed E-state index contributed by atoms with van der Waals surface area (Å²) in [6, 6.07) is -0.764. The Morgan fingerprint density at radius 1 is 1.62 bits per heavy atom. The van der Waals surface area contributed by atoms with Crippen LogP contribution < -0.4 is 0 Å². The molecule has 13 heavy (non-hydrogen) atoms. The van der Waals surface area contributed by atoms with Crippen molar-refractivity contribution >= 4 is 5.97 Å². The van der Waals surface area contributed by atoms with Gasteiger partial charge in [-0.2, -0.15) is 0 Å². The molecule has 1 rings (SSSR count). The van der Waals surface area contributed by atoms with Crippen LogP contribution >= 0.6 is 0 Å². The SMILES string of the molecule is CC(O)c1nncn1C(C)C(=O)O. The summed E-state index contributed by atoms with van der Waals surface area (Å²) in [5.41, 5.74) is 0. The lowest BCUT2D eigenvalue weighted by molar-refractivity contribution is -0.140. The minimum Gasteiger partial charge on any atom is -0.480 e. The lowest BCUT2D eigenvalue weighted by Crippen LogP contribution is -2.18. The monoisotopic (exact) mass is 185 g/mol. The molecule has 0 amide bonds. The van der Waals surface area contributed by atoms with Gasteiger partial charge < -0.3 is 14.8 Å². The van der Waals surface area contributed by atoms with E-state index < -0.39 is 18.1 Å². The van der Waals surface area contributed by atoms with Gasteiger partial charge in [0.25, 0.3) is 0 Å². The normalized spacial score (nSPS) is 15.3. The Balaban J connectivity index is 3.00. The number of carbonyl (C=O) groups is 1. The second-order valence-electron chi connectivity index (χ2n) is 2.79. The number of rotatable bonds is 3. The van der Waals surface area contributed by atoms with Gasteiger partial charge in [-0.3, -0.25) is 0 Å². The maximum absolute atomic E-state index is 10.6. The maximum Gasteiger partial charge on any atom is 0.326 e. The Hall–Kier alpha value is -1.43. The van der Waals surface area contributed by atoms with Crippen molar-refractivity contribution in [3.05, 3.63) is 12.2 Å². The van der Waals surface area contributed by atoms with E-state index in [-0.39, 0.29) is 5.82 Å². The third kappa shape index (κ3) is 1.83. The van der Waals surface area contributed by atoms with Crippen LogP contribution in [0.25, 0.3) is 0 Å². The van der Waals surface area contributed by atoms with Crippen molar-refractivity contribution in [2.45, 2.75) is 26.0 Å². The van der Waals surface area contributed by atoms with E-state index in [4.69, 9.17) is 5.11 Å². The summed E-state index contributed by atoms with van der Waals surface area (Å²) >= 11 is 0. The van der Waals surface area contributed by atoms with Gasteiger partial charge in [0, 0.05) is 0 Å². The van der Waals surface area contributed by atoms with E-state index >= 15 is 0 Å². The molecule has 6 heteroatoms. The second-order valence-corrected chi connectivity index (χ2v) is 2.79. The molecule has 0 aliphatic carbocycles. The lowest BCUT2D eigenvalue weighted by atomic mass is 10.3. The van der Waals surface area contributed by atoms with Crippen LogP contribution in [0.3, 0.4) is 0 Å². The Kier molecular flexibility index (Phi) is 2.62. The fourth-order valence-electron chi connectivity index (χ4n) is 0.968. The molecule has 0 aliphatic heterocycles. The highest BCUT2D eigenvalue weighted by Crippen LogP contribution is 2.13. The zero-order chi connectivity index (χ0) is 10.0. The average Bonchev–Trinajstić information content (AvgIpc) is 2.50. The topological polar surface area (TPSA) is 88.2 Å². The van der Waals surface area contributed by atoms with Crippen LogP contribution in [0.5, 0.6) is 0 Å². The van der Waals surface area contributed by atoms with Gasteiger partial charge >= 0.3 is 5.97 Å². The molecule has 0 bridgehead atoms. The predicted octanol–water partition coefficient (Wildman–Crippen LogP) is -0.0230. The summed E-state index contributed by atoms with van der Waals surface area (Å²) in [6.45, 7) is 3.01. The lowest BCUT2D eigenvalue weighted by Gasteiger charge is -2.11. The first-order valence-corrected chi connectivity index (χ1v) is 3.84. The van der Waals surface area contributed by atoms with Crippen LogP contribution in [-0.4, -0.2) is 30.9 Å². The quantitative estimate of drug-likeness (QED) is 0.690. The van der Waals surface area contributed by atoms with Gasteiger partial charge in [-0.25, -0.2) is 4.79 Å².